The molecule has 0 spiro atoms. The second-order valence-electron chi connectivity index (χ2n) is 6.91. The number of thiophene rings is 1. The second kappa shape index (κ2) is 9.33. The topological polar surface area (TPSA) is 21.7 Å². The molecule has 25 heavy (non-hydrogen) atoms. The number of hydrogen-bond donors (Lipinski definition) is 0. The van der Waals surface area contributed by atoms with Gasteiger partial charge >= 0.3 is 0 Å². The molecule has 1 saturated heterocycles. The van der Waals surface area contributed by atoms with Gasteiger partial charge in [0.05, 0.1) is 25.9 Å². The Balaban J connectivity index is 0.00000182. The van der Waals surface area contributed by atoms with Gasteiger partial charge in [0.25, 0.3) is 0 Å². The number of ether oxygens (including phenoxy) is 2. The monoisotopic (exact) mass is 381 g/mol. The molecule has 5 heteroatoms. The Morgan fingerprint density at radius 1 is 1.12 bits per heavy atom. The van der Waals surface area contributed by atoms with Crippen molar-refractivity contribution in [3.05, 3.63) is 35.2 Å². The van der Waals surface area contributed by atoms with E-state index in [0.29, 0.717) is 12.1 Å². The van der Waals surface area contributed by atoms with Gasteiger partial charge in [-0.05, 0) is 47.7 Å². The van der Waals surface area contributed by atoms with Crippen LogP contribution < -0.4 is 0 Å². The number of morpholine rings is 1. The van der Waals surface area contributed by atoms with Crippen LogP contribution in [0.5, 0.6) is 0 Å². The van der Waals surface area contributed by atoms with Gasteiger partial charge in [0.1, 0.15) is 0 Å². The maximum Gasteiger partial charge on any atom is 0.0730 e. The third-order valence-corrected chi connectivity index (χ3v) is 6.35. The summed E-state index contributed by atoms with van der Waals surface area (Å²) in [5.74, 6) is 0. The fourth-order valence-corrected chi connectivity index (χ4v) is 5.03. The number of rotatable bonds is 5. The van der Waals surface area contributed by atoms with Crippen LogP contribution in [0.2, 0.25) is 0 Å². The van der Waals surface area contributed by atoms with E-state index in [-0.39, 0.29) is 12.4 Å². The predicted molar refractivity (Wildman–Crippen MR) is 107 cm³/mol. The zero-order valence-corrected chi connectivity index (χ0v) is 16.3. The largest absolute Gasteiger partial charge is 0.379 e. The van der Waals surface area contributed by atoms with Gasteiger partial charge in [-0.2, -0.15) is 0 Å². The van der Waals surface area contributed by atoms with E-state index in [2.05, 4.69) is 34.5 Å². The van der Waals surface area contributed by atoms with Crippen molar-refractivity contribution in [3.63, 3.8) is 0 Å². The fourth-order valence-electron chi connectivity index (χ4n) is 4.19. The molecule has 0 unspecified atom stereocenters. The summed E-state index contributed by atoms with van der Waals surface area (Å²) in [5, 5.41) is 3.59. The summed E-state index contributed by atoms with van der Waals surface area (Å²) < 4.78 is 13.3. The van der Waals surface area contributed by atoms with Crippen molar-refractivity contribution < 1.29 is 9.47 Å². The molecule has 138 valence electrons. The molecule has 0 amide bonds. The highest BCUT2D eigenvalue weighted by atomic mass is 35.5. The normalized spacial score (nSPS) is 25.0. The maximum atomic E-state index is 6.40. The lowest BCUT2D eigenvalue weighted by Crippen LogP contribution is -2.51. The second-order valence-corrected chi connectivity index (χ2v) is 7.86. The summed E-state index contributed by atoms with van der Waals surface area (Å²) in [4.78, 5) is 2.60. The van der Waals surface area contributed by atoms with Gasteiger partial charge in [-0.3, -0.25) is 4.90 Å². The summed E-state index contributed by atoms with van der Waals surface area (Å²) in [7, 11) is 0. The van der Waals surface area contributed by atoms with Crippen molar-refractivity contribution in [1.29, 1.82) is 0 Å². The van der Waals surface area contributed by atoms with E-state index >= 15 is 0 Å². The van der Waals surface area contributed by atoms with Crippen LogP contribution in [0.1, 0.15) is 31.2 Å². The van der Waals surface area contributed by atoms with E-state index < -0.39 is 0 Å². The molecule has 0 bridgehead atoms. The Morgan fingerprint density at radius 2 is 1.96 bits per heavy atom. The summed E-state index contributed by atoms with van der Waals surface area (Å²) in [6.07, 6.45) is 6.57. The van der Waals surface area contributed by atoms with Crippen LogP contribution in [0, 0.1) is 0 Å². The van der Waals surface area contributed by atoms with Crippen LogP contribution in [0.4, 0.5) is 0 Å². The Hall–Kier alpha value is -0.650. The van der Waals surface area contributed by atoms with Gasteiger partial charge in [-0.15, -0.1) is 23.7 Å². The van der Waals surface area contributed by atoms with Crippen molar-refractivity contribution in [3.8, 4) is 0 Å². The maximum absolute atomic E-state index is 6.40. The SMILES string of the molecule is Cl.c1cc(CCO[C@H]2CCCC[C@@H]2N2CCOCC2)c2ccsc2c1. The summed E-state index contributed by atoms with van der Waals surface area (Å²) in [5.41, 5.74) is 1.42. The first-order valence-electron chi connectivity index (χ1n) is 9.30. The first-order valence-corrected chi connectivity index (χ1v) is 10.2. The van der Waals surface area contributed by atoms with Crippen molar-refractivity contribution in [2.45, 2.75) is 44.2 Å². The van der Waals surface area contributed by atoms with E-state index in [4.69, 9.17) is 9.47 Å². The molecule has 2 aliphatic rings. The fraction of sp³-hybridized carbons (Fsp3) is 0.600. The van der Waals surface area contributed by atoms with Crippen LogP contribution in [0.3, 0.4) is 0 Å². The zero-order chi connectivity index (χ0) is 16.2. The quantitative estimate of drug-likeness (QED) is 0.759. The molecule has 0 N–H and O–H groups in total. The zero-order valence-electron chi connectivity index (χ0n) is 14.7. The minimum absolute atomic E-state index is 0. The third-order valence-electron chi connectivity index (χ3n) is 5.47. The van der Waals surface area contributed by atoms with E-state index in [1.807, 2.05) is 11.3 Å². The number of fused-ring (bicyclic) bond motifs is 1. The third kappa shape index (κ3) is 4.55. The Morgan fingerprint density at radius 3 is 2.84 bits per heavy atom. The molecule has 1 aliphatic heterocycles. The molecular formula is C20H28ClNO2S. The van der Waals surface area contributed by atoms with Crippen molar-refractivity contribution in [2.24, 2.45) is 0 Å². The van der Waals surface area contributed by atoms with Crippen LogP contribution >= 0.6 is 23.7 Å². The number of benzene rings is 1. The molecule has 2 aromatic rings. The van der Waals surface area contributed by atoms with Crippen LogP contribution in [-0.2, 0) is 15.9 Å². The van der Waals surface area contributed by atoms with Crippen molar-refractivity contribution in [2.75, 3.05) is 32.9 Å². The molecule has 0 radical (unpaired) electrons. The first kappa shape index (κ1) is 19.1. The lowest BCUT2D eigenvalue weighted by atomic mass is 9.91. The van der Waals surface area contributed by atoms with Crippen molar-refractivity contribution >= 4 is 33.8 Å². The highest BCUT2D eigenvalue weighted by Gasteiger charge is 2.31. The smallest absolute Gasteiger partial charge is 0.0730 e. The van der Waals surface area contributed by atoms with Gasteiger partial charge < -0.3 is 9.47 Å². The highest BCUT2D eigenvalue weighted by Crippen LogP contribution is 2.28. The molecule has 1 aliphatic carbocycles. The summed E-state index contributed by atoms with van der Waals surface area (Å²) >= 11 is 1.82. The van der Waals surface area contributed by atoms with Gasteiger partial charge in [-0.1, -0.05) is 25.0 Å². The first-order chi connectivity index (χ1) is 11.9. The molecule has 1 saturated carbocycles. The minimum atomic E-state index is 0. The molecule has 2 fully saturated rings. The van der Waals surface area contributed by atoms with Crippen molar-refractivity contribution in [1.82, 2.24) is 4.90 Å². The lowest BCUT2D eigenvalue weighted by Gasteiger charge is -2.41. The molecular weight excluding hydrogens is 354 g/mol. The number of hydrogen-bond acceptors (Lipinski definition) is 4. The average Bonchev–Trinajstić information content (AvgIpc) is 3.12. The van der Waals surface area contributed by atoms with E-state index in [9.17, 15) is 0 Å². The molecule has 2 heterocycles. The van der Waals surface area contributed by atoms with Crippen LogP contribution in [-0.4, -0.2) is 50.0 Å². The Labute approximate surface area is 160 Å². The Bertz CT molecular complexity index is 656. The molecule has 3 nitrogen and oxygen atoms in total. The van der Waals surface area contributed by atoms with Crippen LogP contribution in [0.15, 0.2) is 29.6 Å². The van der Waals surface area contributed by atoms with Gasteiger partial charge in [0, 0.05) is 23.8 Å². The number of nitrogens with zero attached hydrogens (tertiary/aromatic N) is 1. The lowest BCUT2D eigenvalue weighted by molar-refractivity contribution is -0.0647. The van der Waals surface area contributed by atoms with E-state index in [1.165, 1.54) is 41.3 Å². The Kier molecular flexibility index (Phi) is 7.14. The number of halogens is 1. The molecule has 1 aromatic carbocycles. The minimum Gasteiger partial charge on any atom is -0.379 e. The summed E-state index contributed by atoms with van der Waals surface area (Å²) in [6.45, 7) is 4.73. The van der Waals surface area contributed by atoms with E-state index in [0.717, 1.165) is 39.3 Å². The average molecular weight is 382 g/mol. The summed E-state index contributed by atoms with van der Waals surface area (Å²) in [6, 6.07) is 9.47. The predicted octanol–water partition coefficient (Wildman–Crippen LogP) is 4.53. The highest BCUT2D eigenvalue weighted by molar-refractivity contribution is 7.17. The van der Waals surface area contributed by atoms with E-state index in [1.54, 1.807) is 0 Å². The molecule has 1 aromatic heterocycles. The van der Waals surface area contributed by atoms with Gasteiger partial charge in [0.15, 0.2) is 0 Å². The molecule has 2 atom stereocenters. The van der Waals surface area contributed by atoms with Gasteiger partial charge in [0.2, 0.25) is 0 Å². The van der Waals surface area contributed by atoms with Gasteiger partial charge in [-0.25, -0.2) is 0 Å². The standard InChI is InChI=1S/C20H27NO2S.ClH/c1-2-6-19(18(5-1)21-10-13-22-14-11-21)23-12-8-16-4-3-7-20-17(16)9-15-24-20;/h3-4,7,9,15,18-19H,1-2,5-6,8,10-14H2;1H/t18-,19-;/m0./s1. The molecule has 4 rings (SSSR count). The van der Waals surface area contributed by atoms with Crippen LogP contribution in [0.25, 0.3) is 10.1 Å².